The van der Waals surface area contributed by atoms with Gasteiger partial charge in [-0.05, 0) is 61.6 Å². The molecule has 1 aromatic heterocycles. The molecule has 5 rings (SSSR count). The maximum Gasteiger partial charge on any atom is 0.345 e. The number of hydrogen-bond acceptors (Lipinski definition) is 6. The maximum absolute atomic E-state index is 12.8. The average Bonchev–Trinajstić information content (AvgIpc) is 2.81. The van der Waals surface area contributed by atoms with Crippen molar-refractivity contribution in [3.05, 3.63) is 57.9 Å². The average molecular weight is 457 g/mol. The third kappa shape index (κ3) is 4.63. The zero-order chi connectivity index (χ0) is 21.9. The van der Waals surface area contributed by atoms with E-state index in [1.807, 2.05) is 18.2 Å². The van der Waals surface area contributed by atoms with Gasteiger partial charge in [0.25, 0.3) is 0 Å². The standard InChI is InChI=1S/C25H25ClO6/c26-24-19-15-18(31-22-9-2-4-13-29-22)10-11-20(19)32-25(27)23(24)16-6-5-7-17(14-16)30-21-8-1-3-12-28-21/h5-7,10-11,14-15,21-22H,1-4,8-9,12-13H2. The van der Waals surface area contributed by atoms with E-state index >= 15 is 0 Å². The molecule has 2 fully saturated rings. The van der Waals surface area contributed by atoms with Gasteiger partial charge in [-0.15, -0.1) is 0 Å². The molecule has 168 valence electrons. The van der Waals surface area contributed by atoms with Crippen molar-refractivity contribution in [2.24, 2.45) is 0 Å². The molecular weight excluding hydrogens is 432 g/mol. The number of fused-ring (bicyclic) bond motifs is 1. The molecule has 32 heavy (non-hydrogen) atoms. The van der Waals surface area contributed by atoms with Crippen LogP contribution in [0.25, 0.3) is 22.1 Å². The van der Waals surface area contributed by atoms with Gasteiger partial charge >= 0.3 is 5.63 Å². The third-order valence-corrected chi connectivity index (χ3v) is 6.14. The van der Waals surface area contributed by atoms with Gasteiger partial charge in [0.1, 0.15) is 17.1 Å². The number of halogens is 1. The summed E-state index contributed by atoms with van der Waals surface area (Å²) < 4.78 is 28.8. The Morgan fingerprint density at radius 1 is 0.844 bits per heavy atom. The van der Waals surface area contributed by atoms with E-state index in [0.717, 1.165) is 38.5 Å². The molecule has 0 saturated carbocycles. The first-order chi connectivity index (χ1) is 15.7. The van der Waals surface area contributed by atoms with E-state index in [0.29, 0.717) is 51.8 Å². The Bertz CT molecular complexity index is 1140. The van der Waals surface area contributed by atoms with Gasteiger partial charge in [-0.2, -0.15) is 0 Å². The summed E-state index contributed by atoms with van der Waals surface area (Å²) in [6.07, 6.45) is 5.38. The summed E-state index contributed by atoms with van der Waals surface area (Å²) in [7, 11) is 0. The highest BCUT2D eigenvalue weighted by atomic mass is 35.5. The molecule has 6 nitrogen and oxygen atoms in total. The molecule has 0 N–H and O–H groups in total. The summed E-state index contributed by atoms with van der Waals surface area (Å²) in [6, 6.07) is 12.5. The molecule has 2 atom stereocenters. The number of benzene rings is 2. The number of rotatable bonds is 5. The van der Waals surface area contributed by atoms with Gasteiger partial charge < -0.3 is 23.4 Å². The van der Waals surface area contributed by atoms with E-state index in [9.17, 15) is 4.79 Å². The minimum Gasteiger partial charge on any atom is -0.465 e. The summed E-state index contributed by atoms with van der Waals surface area (Å²) >= 11 is 6.73. The van der Waals surface area contributed by atoms with Crippen molar-refractivity contribution in [2.75, 3.05) is 13.2 Å². The van der Waals surface area contributed by atoms with Crippen molar-refractivity contribution in [3.8, 4) is 22.6 Å². The molecule has 0 radical (unpaired) electrons. The highest BCUT2D eigenvalue weighted by molar-refractivity contribution is 6.38. The van der Waals surface area contributed by atoms with Gasteiger partial charge in [-0.1, -0.05) is 23.7 Å². The summed E-state index contributed by atoms with van der Waals surface area (Å²) in [5.41, 5.74) is 0.822. The second kappa shape index (κ2) is 9.53. The fourth-order valence-corrected chi connectivity index (χ4v) is 4.43. The lowest BCUT2D eigenvalue weighted by molar-refractivity contribution is -0.106. The van der Waals surface area contributed by atoms with Crippen molar-refractivity contribution in [2.45, 2.75) is 51.1 Å². The Kier molecular flexibility index (Phi) is 6.35. The molecule has 0 aliphatic carbocycles. The molecule has 2 aliphatic heterocycles. The van der Waals surface area contributed by atoms with Crippen molar-refractivity contribution >= 4 is 22.6 Å². The zero-order valence-electron chi connectivity index (χ0n) is 17.7. The first-order valence-electron chi connectivity index (χ1n) is 11.1. The molecule has 0 amide bonds. The maximum atomic E-state index is 12.8. The van der Waals surface area contributed by atoms with Crippen LogP contribution in [0.4, 0.5) is 0 Å². The van der Waals surface area contributed by atoms with E-state index in [-0.39, 0.29) is 12.6 Å². The van der Waals surface area contributed by atoms with Gasteiger partial charge in [-0.25, -0.2) is 4.79 Å². The van der Waals surface area contributed by atoms with Crippen molar-refractivity contribution in [1.82, 2.24) is 0 Å². The fraction of sp³-hybridized carbons (Fsp3) is 0.400. The van der Waals surface area contributed by atoms with Crippen LogP contribution in [0.15, 0.2) is 51.7 Å². The lowest BCUT2D eigenvalue weighted by atomic mass is 10.1. The lowest BCUT2D eigenvalue weighted by Crippen LogP contribution is -2.25. The molecular formula is C25H25ClO6. The summed E-state index contributed by atoms with van der Waals surface area (Å²) in [5.74, 6) is 1.24. The van der Waals surface area contributed by atoms with E-state index in [1.54, 1.807) is 24.3 Å². The molecule has 0 spiro atoms. The zero-order valence-corrected chi connectivity index (χ0v) is 18.4. The lowest BCUT2D eigenvalue weighted by Gasteiger charge is -2.23. The fourth-order valence-electron chi connectivity index (χ4n) is 4.10. The quantitative estimate of drug-likeness (QED) is 0.443. The van der Waals surface area contributed by atoms with E-state index in [4.69, 9.17) is 35.0 Å². The van der Waals surface area contributed by atoms with E-state index in [1.165, 1.54) is 0 Å². The Balaban J connectivity index is 1.46. The first kappa shape index (κ1) is 21.3. The summed E-state index contributed by atoms with van der Waals surface area (Å²) in [6.45, 7) is 1.39. The molecule has 2 aliphatic rings. The van der Waals surface area contributed by atoms with Gasteiger partial charge in [0, 0.05) is 18.2 Å². The Hall–Kier alpha value is -2.54. The highest BCUT2D eigenvalue weighted by Gasteiger charge is 2.20. The van der Waals surface area contributed by atoms with E-state index < -0.39 is 5.63 Å². The Morgan fingerprint density at radius 3 is 2.19 bits per heavy atom. The Labute approximate surface area is 191 Å². The van der Waals surface area contributed by atoms with Crippen LogP contribution in [0.2, 0.25) is 5.02 Å². The van der Waals surface area contributed by atoms with Crippen LogP contribution >= 0.6 is 11.6 Å². The summed E-state index contributed by atoms with van der Waals surface area (Å²) in [4.78, 5) is 12.8. The van der Waals surface area contributed by atoms with E-state index in [2.05, 4.69) is 0 Å². The van der Waals surface area contributed by atoms with Gasteiger partial charge in [0.05, 0.1) is 23.8 Å². The van der Waals surface area contributed by atoms with Crippen molar-refractivity contribution < 1.29 is 23.4 Å². The SMILES string of the molecule is O=c1oc2ccc(OC3CCCCO3)cc2c(Cl)c1-c1cccc(OC2CCCCO2)c1. The third-order valence-electron chi connectivity index (χ3n) is 5.75. The number of ether oxygens (including phenoxy) is 4. The number of hydrogen-bond donors (Lipinski definition) is 0. The van der Waals surface area contributed by atoms with Gasteiger partial charge in [0.2, 0.25) is 0 Å². The normalized spacial score (nSPS) is 21.4. The largest absolute Gasteiger partial charge is 0.465 e. The van der Waals surface area contributed by atoms with Crippen LogP contribution < -0.4 is 15.1 Å². The monoisotopic (exact) mass is 456 g/mol. The molecule has 7 heteroatoms. The predicted molar refractivity (Wildman–Crippen MR) is 121 cm³/mol. The van der Waals surface area contributed by atoms with Crippen LogP contribution in [-0.2, 0) is 9.47 Å². The topological polar surface area (TPSA) is 67.1 Å². The van der Waals surface area contributed by atoms with Crippen LogP contribution in [0.1, 0.15) is 38.5 Å². The first-order valence-corrected chi connectivity index (χ1v) is 11.5. The molecule has 2 aromatic carbocycles. The smallest absolute Gasteiger partial charge is 0.345 e. The Morgan fingerprint density at radius 2 is 1.53 bits per heavy atom. The minimum atomic E-state index is -0.502. The summed E-state index contributed by atoms with van der Waals surface area (Å²) in [5, 5.41) is 0.925. The molecule has 0 bridgehead atoms. The van der Waals surface area contributed by atoms with Crippen LogP contribution in [0.5, 0.6) is 11.5 Å². The predicted octanol–water partition coefficient (Wildman–Crippen LogP) is 5.92. The second-order valence-electron chi connectivity index (χ2n) is 8.09. The molecule has 2 saturated heterocycles. The van der Waals surface area contributed by atoms with Gasteiger partial charge in [-0.3, -0.25) is 0 Å². The molecule has 3 aromatic rings. The molecule has 2 unspecified atom stereocenters. The van der Waals surface area contributed by atoms with Crippen LogP contribution in [0.3, 0.4) is 0 Å². The van der Waals surface area contributed by atoms with Crippen molar-refractivity contribution in [3.63, 3.8) is 0 Å². The van der Waals surface area contributed by atoms with Crippen molar-refractivity contribution in [1.29, 1.82) is 0 Å². The van der Waals surface area contributed by atoms with Gasteiger partial charge in [0.15, 0.2) is 12.6 Å². The van der Waals surface area contributed by atoms with Crippen LogP contribution in [-0.4, -0.2) is 25.8 Å². The molecule has 3 heterocycles. The minimum absolute atomic E-state index is 0.272. The second-order valence-corrected chi connectivity index (χ2v) is 8.47. The van der Waals surface area contributed by atoms with Crippen LogP contribution in [0, 0.1) is 0 Å². The highest BCUT2D eigenvalue weighted by Crippen LogP contribution is 2.35.